The summed E-state index contributed by atoms with van der Waals surface area (Å²) in [7, 11) is 0. The third-order valence-corrected chi connectivity index (χ3v) is 3.50. The highest BCUT2D eigenvalue weighted by Crippen LogP contribution is 2.22. The number of aromatic nitrogens is 1. The molecule has 64 valence electrons. The molecule has 0 saturated carbocycles. The summed E-state index contributed by atoms with van der Waals surface area (Å²) < 4.78 is 2.40. The number of hydrogen-bond acceptors (Lipinski definition) is 1. The molecule has 0 unspecified atom stereocenters. The Bertz CT molecular complexity index is 465. The van der Waals surface area contributed by atoms with Gasteiger partial charge in [-0.05, 0) is 12.1 Å². The van der Waals surface area contributed by atoms with E-state index in [1.54, 1.807) is 0 Å². The van der Waals surface area contributed by atoms with E-state index in [2.05, 4.69) is 41.0 Å². The van der Waals surface area contributed by atoms with Gasteiger partial charge in [0.25, 0.3) is 0 Å². The molecule has 0 N–H and O–H groups in total. The van der Waals surface area contributed by atoms with Gasteiger partial charge in [0, 0.05) is 17.5 Å². The van der Waals surface area contributed by atoms with Gasteiger partial charge in [-0.15, -0.1) is 0 Å². The van der Waals surface area contributed by atoms with E-state index in [0.717, 1.165) is 6.54 Å². The lowest BCUT2D eigenvalue weighted by Gasteiger charge is -1.96. The standard InChI is InChI=1S/C11H10NS/c1-2-4-10-9(3-1)5-6-11-12(10)7-8-13-11/h1-6H,7-8H2/q+1. The van der Waals surface area contributed by atoms with Crippen LogP contribution < -0.4 is 4.57 Å². The molecule has 0 saturated heterocycles. The minimum atomic E-state index is 1.15. The Hall–Kier alpha value is -1.02. The average molecular weight is 188 g/mol. The van der Waals surface area contributed by atoms with Crippen molar-refractivity contribution in [1.82, 2.24) is 0 Å². The van der Waals surface area contributed by atoms with Crippen LogP contribution in [0.2, 0.25) is 0 Å². The van der Waals surface area contributed by atoms with Crippen LogP contribution >= 0.6 is 11.8 Å². The Morgan fingerprint density at radius 3 is 3.00 bits per heavy atom. The summed E-state index contributed by atoms with van der Waals surface area (Å²) >= 11 is 1.95. The second kappa shape index (κ2) is 2.74. The number of aryl methyl sites for hydroxylation is 1. The second-order valence-electron chi connectivity index (χ2n) is 3.23. The largest absolute Gasteiger partial charge is 0.240 e. The summed E-state index contributed by atoms with van der Waals surface area (Å²) in [5.41, 5.74) is 1.37. The number of thioether (sulfide) groups is 1. The fourth-order valence-corrected chi connectivity index (χ4v) is 2.83. The average Bonchev–Trinajstić information content (AvgIpc) is 2.65. The van der Waals surface area contributed by atoms with Crippen molar-refractivity contribution in [2.75, 3.05) is 5.75 Å². The molecule has 0 atom stereocenters. The lowest BCUT2D eigenvalue weighted by Crippen LogP contribution is -2.33. The van der Waals surface area contributed by atoms with Crippen molar-refractivity contribution in [3.05, 3.63) is 36.4 Å². The monoisotopic (exact) mass is 188 g/mol. The van der Waals surface area contributed by atoms with Gasteiger partial charge >= 0.3 is 0 Å². The van der Waals surface area contributed by atoms with Crippen LogP contribution in [0, 0.1) is 0 Å². The Kier molecular flexibility index (Phi) is 1.56. The second-order valence-corrected chi connectivity index (χ2v) is 4.35. The minimum absolute atomic E-state index is 1.15. The number of benzene rings is 1. The molecular weight excluding hydrogens is 178 g/mol. The number of pyridine rings is 1. The van der Waals surface area contributed by atoms with Crippen LogP contribution in [0.25, 0.3) is 10.9 Å². The summed E-state index contributed by atoms with van der Waals surface area (Å²) in [4.78, 5) is 0. The van der Waals surface area contributed by atoms with Gasteiger partial charge in [0.2, 0.25) is 10.5 Å². The molecular formula is C11H10NS+. The Morgan fingerprint density at radius 1 is 1.08 bits per heavy atom. The Labute approximate surface area is 81.4 Å². The third kappa shape index (κ3) is 1.05. The maximum absolute atomic E-state index is 2.40. The van der Waals surface area contributed by atoms with Crippen molar-refractivity contribution in [2.45, 2.75) is 11.6 Å². The van der Waals surface area contributed by atoms with E-state index < -0.39 is 0 Å². The van der Waals surface area contributed by atoms with Crippen LogP contribution in [-0.2, 0) is 6.54 Å². The molecule has 13 heavy (non-hydrogen) atoms. The van der Waals surface area contributed by atoms with E-state index >= 15 is 0 Å². The van der Waals surface area contributed by atoms with E-state index in [9.17, 15) is 0 Å². The summed E-state index contributed by atoms with van der Waals surface area (Å²) in [6.07, 6.45) is 0. The van der Waals surface area contributed by atoms with Crippen LogP contribution in [0.3, 0.4) is 0 Å². The van der Waals surface area contributed by atoms with Gasteiger partial charge in [-0.1, -0.05) is 23.9 Å². The van der Waals surface area contributed by atoms with Crippen LogP contribution in [0.1, 0.15) is 0 Å². The zero-order chi connectivity index (χ0) is 8.67. The van der Waals surface area contributed by atoms with Crippen molar-refractivity contribution < 1.29 is 4.57 Å². The highest BCUT2D eigenvalue weighted by molar-refractivity contribution is 7.99. The van der Waals surface area contributed by atoms with Crippen LogP contribution in [-0.4, -0.2) is 5.75 Å². The molecule has 0 spiro atoms. The molecule has 2 heteroatoms. The topological polar surface area (TPSA) is 3.88 Å². The molecule has 2 heterocycles. The lowest BCUT2D eigenvalue weighted by molar-refractivity contribution is -0.698. The molecule has 1 aliphatic heterocycles. The summed E-state index contributed by atoms with van der Waals surface area (Å²) in [5, 5.41) is 2.74. The maximum Gasteiger partial charge on any atom is 0.240 e. The normalized spacial score (nSPS) is 14.8. The first-order valence-electron chi connectivity index (χ1n) is 4.49. The molecule has 0 bridgehead atoms. The molecule has 1 aromatic carbocycles. The molecule has 1 aliphatic rings. The fourth-order valence-electron chi connectivity index (χ4n) is 1.84. The number of fused-ring (bicyclic) bond motifs is 3. The van der Waals surface area contributed by atoms with Crippen LogP contribution in [0.5, 0.6) is 0 Å². The van der Waals surface area contributed by atoms with Crippen molar-refractivity contribution >= 4 is 22.7 Å². The number of hydrogen-bond donors (Lipinski definition) is 0. The molecule has 0 fully saturated rings. The number of rotatable bonds is 0. The fraction of sp³-hybridized carbons (Fsp3) is 0.182. The minimum Gasteiger partial charge on any atom is -0.185 e. The first-order valence-corrected chi connectivity index (χ1v) is 5.48. The van der Waals surface area contributed by atoms with Crippen molar-refractivity contribution in [3.8, 4) is 0 Å². The van der Waals surface area contributed by atoms with E-state index in [4.69, 9.17) is 0 Å². The van der Waals surface area contributed by atoms with Gasteiger partial charge < -0.3 is 0 Å². The molecule has 1 aromatic heterocycles. The van der Waals surface area contributed by atoms with E-state index in [1.807, 2.05) is 11.8 Å². The molecule has 1 nitrogen and oxygen atoms in total. The Balaban J connectivity index is 2.43. The van der Waals surface area contributed by atoms with E-state index in [-0.39, 0.29) is 0 Å². The van der Waals surface area contributed by atoms with Gasteiger partial charge in [-0.3, -0.25) is 0 Å². The summed E-state index contributed by atoms with van der Waals surface area (Å²) in [6, 6.07) is 13.0. The van der Waals surface area contributed by atoms with Crippen LogP contribution in [0.15, 0.2) is 41.4 Å². The van der Waals surface area contributed by atoms with Crippen molar-refractivity contribution in [3.63, 3.8) is 0 Å². The highest BCUT2D eigenvalue weighted by atomic mass is 32.2. The molecule has 0 aliphatic carbocycles. The smallest absolute Gasteiger partial charge is 0.185 e. The SMILES string of the molecule is c1ccc2c(c1)ccc1[n+]2CCS1. The number of para-hydroxylation sites is 1. The summed E-state index contributed by atoms with van der Waals surface area (Å²) in [5.74, 6) is 1.22. The Morgan fingerprint density at radius 2 is 2.00 bits per heavy atom. The van der Waals surface area contributed by atoms with Gasteiger partial charge in [0.1, 0.15) is 0 Å². The molecule has 0 amide bonds. The van der Waals surface area contributed by atoms with Gasteiger partial charge in [-0.25, -0.2) is 0 Å². The van der Waals surface area contributed by atoms with Crippen LogP contribution in [0.4, 0.5) is 0 Å². The van der Waals surface area contributed by atoms with Gasteiger partial charge in [-0.2, -0.15) is 4.57 Å². The van der Waals surface area contributed by atoms with E-state index in [0.29, 0.717) is 0 Å². The zero-order valence-corrected chi connectivity index (χ0v) is 8.05. The van der Waals surface area contributed by atoms with Gasteiger partial charge in [0.05, 0.1) is 5.75 Å². The quantitative estimate of drug-likeness (QED) is 0.573. The summed E-state index contributed by atoms with van der Waals surface area (Å²) in [6.45, 7) is 1.15. The predicted molar refractivity (Wildman–Crippen MR) is 54.9 cm³/mol. The van der Waals surface area contributed by atoms with Crippen molar-refractivity contribution in [2.24, 2.45) is 0 Å². The molecule has 2 aromatic rings. The first kappa shape index (κ1) is 7.39. The predicted octanol–water partition coefficient (Wildman–Crippen LogP) is 2.23. The highest BCUT2D eigenvalue weighted by Gasteiger charge is 2.21. The third-order valence-electron chi connectivity index (χ3n) is 2.46. The lowest BCUT2D eigenvalue weighted by atomic mass is 10.2. The molecule has 3 rings (SSSR count). The van der Waals surface area contributed by atoms with E-state index in [1.165, 1.54) is 21.7 Å². The zero-order valence-electron chi connectivity index (χ0n) is 7.23. The molecule has 0 radical (unpaired) electrons. The first-order chi connectivity index (χ1) is 6.45. The van der Waals surface area contributed by atoms with Gasteiger partial charge in [0.15, 0.2) is 6.54 Å². The maximum atomic E-state index is 2.40. The number of nitrogens with zero attached hydrogens (tertiary/aromatic N) is 1. The van der Waals surface area contributed by atoms with Crippen molar-refractivity contribution in [1.29, 1.82) is 0 Å².